The summed E-state index contributed by atoms with van der Waals surface area (Å²) in [5.41, 5.74) is 6.51. The molecule has 2 aliphatic heterocycles. The van der Waals surface area contributed by atoms with E-state index < -0.39 is 29.2 Å². The fraction of sp³-hybridized carbons (Fsp3) is 0.238. The monoisotopic (exact) mass is 499 g/mol. The van der Waals surface area contributed by atoms with E-state index in [0.29, 0.717) is 16.9 Å². The number of rotatable bonds is 7. The largest absolute Gasteiger partial charge is 0.477 e. The van der Waals surface area contributed by atoms with Gasteiger partial charge in [0.05, 0.1) is 11.6 Å². The van der Waals surface area contributed by atoms with E-state index in [-0.39, 0.29) is 29.5 Å². The van der Waals surface area contributed by atoms with E-state index in [1.165, 1.54) is 29.8 Å². The van der Waals surface area contributed by atoms with Gasteiger partial charge in [0.2, 0.25) is 5.88 Å². The summed E-state index contributed by atoms with van der Waals surface area (Å²) < 4.78 is 11.9. The van der Waals surface area contributed by atoms with Crippen molar-refractivity contribution in [3.05, 3.63) is 53.8 Å². The number of furan rings is 1. The average Bonchev–Trinajstić information content (AvgIpc) is 3.48. The molecule has 5 rings (SSSR count). The number of carboxylic acid groups (broad SMARTS) is 1. The van der Waals surface area contributed by atoms with Crippen molar-refractivity contribution in [3.8, 4) is 0 Å². The summed E-state index contributed by atoms with van der Waals surface area (Å²) in [5, 5.41) is 20.1. The summed E-state index contributed by atoms with van der Waals surface area (Å²) in [4.78, 5) is 43.8. The molecule has 0 aromatic carbocycles. The number of hydrogen-bond acceptors (Lipinski definition) is 10. The van der Waals surface area contributed by atoms with E-state index in [2.05, 4.69) is 15.6 Å². The molecule has 3 aromatic rings. The van der Waals surface area contributed by atoms with Crippen LogP contribution >= 0.6 is 11.8 Å². The SMILES string of the molecule is CO/N=C(\C(=O)NC1C(=O)N2C(C(=O)O)=C(C[n+]3ccc4occc4c3)CS[C@H]12)c1cc(N)on1. The molecule has 0 aliphatic carbocycles. The van der Waals surface area contributed by atoms with E-state index >= 15 is 0 Å². The Labute approximate surface area is 201 Å². The van der Waals surface area contributed by atoms with Crippen molar-refractivity contribution in [2.75, 3.05) is 18.6 Å². The summed E-state index contributed by atoms with van der Waals surface area (Å²) in [6.07, 6.45) is 5.20. The van der Waals surface area contributed by atoms with Crippen molar-refractivity contribution in [1.82, 2.24) is 15.4 Å². The maximum absolute atomic E-state index is 13.0. The molecule has 0 spiro atoms. The Hall–Kier alpha value is -4.33. The van der Waals surface area contributed by atoms with Gasteiger partial charge in [-0.05, 0) is 6.07 Å². The Morgan fingerprint density at radius 3 is 3.00 bits per heavy atom. The van der Waals surface area contributed by atoms with Gasteiger partial charge in [0.15, 0.2) is 24.7 Å². The lowest BCUT2D eigenvalue weighted by Crippen LogP contribution is -2.71. The maximum Gasteiger partial charge on any atom is 0.352 e. The first-order valence-corrected chi connectivity index (χ1v) is 11.3. The van der Waals surface area contributed by atoms with Gasteiger partial charge in [-0.2, -0.15) is 0 Å². The van der Waals surface area contributed by atoms with Crippen LogP contribution in [0.2, 0.25) is 0 Å². The highest BCUT2D eigenvalue weighted by molar-refractivity contribution is 8.00. The van der Waals surface area contributed by atoms with Gasteiger partial charge in [0.25, 0.3) is 11.8 Å². The van der Waals surface area contributed by atoms with Crippen LogP contribution < -0.4 is 15.6 Å². The van der Waals surface area contributed by atoms with Crippen LogP contribution in [0, 0.1) is 0 Å². The van der Waals surface area contributed by atoms with Crippen molar-refractivity contribution in [3.63, 3.8) is 0 Å². The summed E-state index contributed by atoms with van der Waals surface area (Å²) in [6, 6.07) is 3.93. The fourth-order valence-corrected chi connectivity index (χ4v) is 5.32. The predicted molar refractivity (Wildman–Crippen MR) is 121 cm³/mol. The molecule has 1 saturated heterocycles. The molecule has 1 unspecified atom stereocenters. The number of aromatic nitrogens is 2. The first-order valence-electron chi connectivity index (χ1n) is 10.3. The Morgan fingerprint density at radius 1 is 1.46 bits per heavy atom. The van der Waals surface area contributed by atoms with Crippen LogP contribution in [-0.4, -0.2) is 62.9 Å². The third-order valence-corrected chi connectivity index (χ3v) is 6.87. The number of nitrogens with one attached hydrogen (secondary N) is 1. The van der Waals surface area contributed by atoms with Gasteiger partial charge >= 0.3 is 5.97 Å². The molecule has 1 fully saturated rings. The minimum absolute atomic E-state index is 0.0288. The Balaban J connectivity index is 1.36. The minimum atomic E-state index is -1.21. The molecular formula is C21H19N6O7S+. The number of anilines is 1. The number of β-lactam (4-membered cyclic amide) rings is 1. The minimum Gasteiger partial charge on any atom is -0.477 e. The fourth-order valence-electron chi connectivity index (χ4n) is 3.99. The van der Waals surface area contributed by atoms with Gasteiger partial charge in [-0.25, -0.2) is 9.36 Å². The number of hydrogen-bond donors (Lipinski definition) is 3. The molecule has 2 amide bonds. The van der Waals surface area contributed by atoms with E-state index in [1.54, 1.807) is 18.5 Å². The number of carboxylic acids is 1. The van der Waals surface area contributed by atoms with Gasteiger partial charge in [-0.1, -0.05) is 10.3 Å². The summed E-state index contributed by atoms with van der Waals surface area (Å²) in [5.74, 6) is -2.17. The topological polar surface area (TPSA) is 177 Å². The molecule has 2 atom stereocenters. The number of nitrogens with two attached hydrogens (primary N) is 1. The quantitative estimate of drug-likeness (QED) is 0.175. The molecule has 4 N–H and O–H groups in total. The third kappa shape index (κ3) is 3.97. The Kier molecular flexibility index (Phi) is 5.64. The lowest BCUT2D eigenvalue weighted by Gasteiger charge is -2.49. The standard InChI is InChI=1S/C21H18N6O7S/c1-32-25-15(12-6-14(22)34-24-12)18(28)23-16-19(29)27-17(21(30)31)11(9-35-20(16)27)8-26-4-2-13-10(7-26)3-5-33-13/h2-7,16,20H,8-9H2,1H3,(H3-,22,23,24,28,30,31)/p+1/b25-15-/t16?,20-/m1/s1. The highest BCUT2D eigenvalue weighted by atomic mass is 32.2. The second-order valence-corrected chi connectivity index (χ2v) is 8.82. The van der Waals surface area contributed by atoms with Gasteiger partial charge in [-0.15, -0.1) is 11.8 Å². The van der Waals surface area contributed by atoms with Crippen LogP contribution in [0.5, 0.6) is 0 Å². The molecule has 0 radical (unpaired) electrons. The molecule has 35 heavy (non-hydrogen) atoms. The molecule has 3 aromatic heterocycles. The summed E-state index contributed by atoms with van der Waals surface area (Å²) in [6.45, 7) is 0.279. The molecule has 14 heteroatoms. The molecule has 5 heterocycles. The van der Waals surface area contributed by atoms with Gasteiger partial charge < -0.3 is 29.9 Å². The van der Waals surface area contributed by atoms with E-state index in [4.69, 9.17) is 19.5 Å². The Morgan fingerprint density at radius 2 is 2.29 bits per heavy atom. The number of carbonyl (C=O) groups excluding carboxylic acids is 2. The summed E-state index contributed by atoms with van der Waals surface area (Å²) >= 11 is 1.36. The number of carbonyl (C=O) groups is 3. The molecular weight excluding hydrogens is 480 g/mol. The third-order valence-electron chi connectivity index (χ3n) is 5.53. The van der Waals surface area contributed by atoms with E-state index in [0.717, 1.165) is 5.39 Å². The van der Waals surface area contributed by atoms with Crippen molar-refractivity contribution < 1.29 is 37.8 Å². The van der Waals surface area contributed by atoms with Gasteiger partial charge in [0, 0.05) is 23.5 Å². The maximum atomic E-state index is 13.0. The molecule has 0 bridgehead atoms. The number of nitrogen functional groups attached to an aromatic ring is 1. The van der Waals surface area contributed by atoms with Crippen LogP contribution in [0.3, 0.4) is 0 Å². The van der Waals surface area contributed by atoms with Crippen molar-refractivity contribution in [1.29, 1.82) is 0 Å². The van der Waals surface area contributed by atoms with Crippen molar-refractivity contribution in [2.45, 2.75) is 18.0 Å². The zero-order valence-electron chi connectivity index (χ0n) is 18.2. The van der Waals surface area contributed by atoms with Crippen LogP contribution in [0.4, 0.5) is 5.88 Å². The van der Waals surface area contributed by atoms with E-state index in [1.807, 2.05) is 16.8 Å². The van der Waals surface area contributed by atoms with Crippen LogP contribution in [0.15, 0.2) is 62.2 Å². The molecule has 0 saturated carbocycles. The first kappa shape index (κ1) is 22.5. The second-order valence-electron chi connectivity index (χ2n) is 7.71. The summed E-state index contributed by atoms with van der Waals surface area (Å²) in [7, 11) is 1.25. The van der Waals surface area contributed by atoms with Crippen LogP contribution in [0.25, 0.3) is 11.0 Å². The predicted octanol–water partition coefficient (Wildman–Crippen LogP) is 0.0798. The zero-order valence-corrected chi connectivity index (χ0v) is 19.0. The highest BCUT2D eigenvalue weighted by Gasteiger charge is 2.54. The Bertz CT molecular complexity index is 1410. The normalized spacial score (nSPS) is 20.0. The first-order chi connectivity index (χ1) is 16.9. The number of nitrogens with zero attached hydrogens (tertiary/aromatic N) is 4. The average molecular weight is 499 g/mol. The number of oxime groups is 1. The molecule has 180 valence electrons. The number of amides is 2. The number of aliphatic carboxylic acids is 1. The van der Waals surface area contributed by atoms with Crippen molar-refractivity contribution in [2.24, 2.45) is 5.16 Å². The second kappa shape index (κ2) is 8.79. The molecule has 13 nitrogen and oxygen atoms in total. The van der Waals surface area contributed by atoms with Gasteiger partial charge in [-0.3, -0.25) is 14.5 Å². The lowest BCUT2D eigenvalue weighted by atomic mass is 10.0. The van der Waals surface area contributed by atoms with E-state index in [9.17, 15) is 19.5 Å². The zero-order chi connectivity index (χ0) is 24.7. The van der Waals surface area contributed by atoms with Crippen LogP contribution in [-0.2, 0) is 25.8 Å². The smallest absolute Gasteiger partial charge is 0.352 e. The lowest BCUT2D eigenvalue weighted by molar-refractivity contribution is -0.687. The number of fused-ring (bicyclic) bond motifs is 2. The number of thioether (sulfide) groups is 1. The van der Waals surface area contributed by atoms with Crippen LogP contribution in [0.1, 0.15) is 5.69 Å². The number of pyridine rings is 1. The van der Waals surface area contributed by atoms with Crippen molar-refractivity contribution >= 4 is 52.1 Å². The highest BCUT2D eigenvalue weighted by Crippen LogP contribution is 2.40. The molecule has 2 aliphatic rings. The van der Waals surface area contributed by atoms with Gasteiger partial charge in [0.1, 0.15) is 35.5 Å².